The Balaban J connectivity index is 1.39. The zero-order chi connectivity index (χ0) is 30.4. The van der Waals surface area contributed by atoms with Crippen LogP contribution in [0.4, 0.5) is 11.4 Å². The number of amides is 3. The SMILES string of the molecule is CC(=O)Nc1ccc(C=CC(=O)NCC(=O)N(C)c2ccc(Cl)c(COc3cccc4ccc(C)nc34)c2Cl)cc1C. The lowest BCUT2D eigenvalue weighted by molar-refractivity contribution is -0.122. The number of para-hydroxylation sites is 1. The van der Waals surface area contributed by atoms with E-state index in [2.05, 4.69) is 15.6 Å². The fraction of sp³-hybridized carbons (Fsp3) is 0.188. The molecule has 0 aliphatic heterocycles. The number of hydrogen-bond donors (Lipinski definition) is 2. The number of halogens is 2. The van der Waals surface area contributed by atoms with Gasteiger partial charge in [0.25, 0.3) is 0 Å². The van der Waals surface area contributed by atoms with Crippen molar-refractivity contribution in [1.29, 1.82) is 0 Å². The van der Waals surface area contributed by atoms with E-state index in [1.807, 2.05) is 50.2 Å². The summed E-state index contributed by atoms with van der Waals surface area (Å²) in [6, 6.07) is 18.3. The highest BCUT2D eigenvalue weighted by molar-refractivity contribution is 6.38. The summed E-state index contributed by atoms with van der Waals surface area (Å²) in [5.74, 6) is -0.381. The Morgan fingerprint density at radius 3 is 2.55 bits per heavy atom. The zero-order valence-corrected chi connectivity index (χ0v) is 25.1. The molecule has 3 aromatic carbocycles. The van der Waals surface area contributed by atoms with Gasteiger partial charge >= 0.3 is 0 Å². The molecule has 0 radical (unpaired) electrons. The number of ether oxygens (including phenoxy) is 1. The summed E-state index contributed by atoms with van der Waals surface area (Å²) in [4.78, 5) is 42.5. The standard InChI is InChI=1S/C32H30Cl2N4O4/c1-19-16-22(9-13-26(19)37-21(3)39)10-15-29(40)35-17-30(41)38(4)27-14-12-25(33)24(31(27)34)18-42-28-7-5-6-23-11-8-20(2)36-32(23)28/h5-16H,17-18H2,1-4H3,(H,35,40)(H,37,39). The van der Waals surface area contributed by atoms with Gasteiger partial charge in [-0.2, -0.15) is 0 Å². The van der Waals surface area contributed by atoms with Gasteiger partial charge in [-0.15, -0.1) is 0 Å². The zero-order valence-electron chi connectivity index (χ0n) is 23.6. The lowest BCUT2D eigenvalue weighted by atomic mass is 10.1. The number of benzene rings is 3. The van der Waals surface area contributed by atoms with Crippen molar-refractivity contribution < 1.29 is 19.1 Å². The molecule has 0 atom stereocenters. The highest BCUT2D eigenvalue weighted by Crippen LogP contribution is 2.35. The van der Waals surface area contributed by atoms with E-state index in [9.17, 15) is 14.4 Å². The van der Waals surface area contributed by atoms with Crippen molar-refractivity contribution in [2.24, 2.45) is 0 Å². The molecule has 10 heteroatoms. The Morgan fingerprint density at radius 2 is 1.81 bits per heavy atom. The van der Waals surface area contributed by atoms with Crippen LogP contribution in [0, 0.1) is 13.8 Å². The molecule has 0 spiro atoms. The highest BCUT2D eigenvalue weighted by atomic mass is 35.5. The molecule has 0 unspecified atom stereocenters. The predicted octanol–water partition coefficient (Wildman–Crippen LogP) is 6.49. The average Bonchev–Trinajstić information content (AvgIpc) is 2.95. The monoisotopic (exact) mass is 604 g/mol. The Labute approximate surface area is 254 Å². The number of carbonyl (C=O) groups is 3. The molecule has 1 heterocycles. The number of nitrogens with one attached hydrogen (secondary N) is 2. The molecule has 0 fully saturated rings. The highest BCUT2D eigenvalue weighted by Gasteiger charge is 2.19. The summed E-state index contributed by atoms with van der Waals surface area (Å²) in [7, 11) is 1.57. The topological polar surface area (TPSA) is 101 Å². The van der Waals surface area contributed by atoms with E-state index in [1.165, 1.54) is 17.9 Å². The largest absolute Gasteiger partial charge is 0.487 e. The van der Waals surface area contributed by atoms with E-state index in [1.54, 1.807) is 37.4 Å². The number of likely N-dealkylation sites (N-methyl/N-ethyl adjacent to an activating group) is 1. The predicted molar refractivity (Wildman–Crippen MR) is 168 cm³/mol. The van der Waals surface area contributed by atoms with Crippen LogP contribution < -0.4 is 20.3 Å². The van der Waals surface area contributed by atoms with Gasteiger partial charge in [-0.1, -0.05) is 47.5 Å². The quantitative estimate of drug-likeness (QED) is 0.213. The van der Waals surface area contributed by atoms with Crippen LogP contribution in [0.2, 0.25) is 10.0 Å². The molecule has 1 aromatic heterocycles. The summed E-state index contributed by atoms with van der Waals surface area (Å²) >= 11 is 13.2. The van der Waals surface area contributed by atoms with Crippen molar-refractivity contribution in [3.05, 3.63) is 99.2 Å². The number of fused-ring (bicyclic) bond motifs is 1. The number of aryl methyl sites for hydroxylation is 2. The molecule has 42 heavy (non-hydrogen) atoms. The van der Waals surface area contributed by atoms with E-state index in [-0.39, 0.29) is 30.0 Å². The minimum absolute atomic E-state index is 0.0646. The number of pyridine rings is 1. The smallest absolute Gasteiger partial charge is 0.246 e. The van der Waals surface area contributed by atoms with E-state index in [4.69, 9.17) is 27.9 Å². The molecule has 0 bridgehead atoms. The molecule has 0 saturated heterocycles. The van der Waals surface area contributed by atoms with E-state index >= 15 is 0 Å². The molecule has 3 amide bonds. The first kappa shape index (κ1) is 30.6. The molecule has 2 N–H and O–H groups in total. The van der Waals surface area contributed by atoms with Crippen LogP contribution >= 0.6 is 23.2 Å². The van der Waals surface area contributed by atoms with Crippen molar-refractivity contribution >= 4 is 69.3 Å². The van der Waals surface area contributed by atoms with Crippen molar-refractivity contribution in [1.82, 2.24) is 10.3 Å². The van der Waals surface area contributed by atoms with Crippen LogP contribution in [-0.4, -0.2) is 36.3 Å². The lowest BCUT2D eigenvalue weighted by Crippen LogP contribution is -2.37. The second-order valence-corrected chi connectivity index (χ2v) is 10.5. The number of hydrogen-bond acceptors (Lipinski definition) is 5. The Kier molecular flexibility index (Phi) is 9.83. The van der Waals surface area contributed by atoms with Crippen LogP contribution in [0.3, 0.4) is 0 Å². The van der Waals surface area contributed by atoms with Crippen LogP contribution in [0.15, 0.2) is 66.7 Å². The summed E-state index contributed by atoms with van der Waals surface area (Å²) in [5, 5.41) is 6.95. The first-order valence-corrected chi connectivity index (χ1v) is 13.9. The molecule has 0 saturated carbocycles. The third-order valence-corrected chi connectivity index (χ3v) is 7.27. The van der Waals surface area contributed by atoms with Gasteiger partial charge < -0.3 is 20.3 Å². The summed E-state index contributed by atoms with van der Waals surface area (Å²) < 4.78 is 6.07. The van der Waals surface area contributed by atoms with E-state index in [0.29, 0.717) is 27.7 Å². The number of aromatic nitrogens is 1. The second-order valence-electron chi connectivity index (χ2n) is 9.69. The molecule has 216 valence electrons. The van der Waals surface area contributed by atoms with Gasteiger partial charge in [-0.25, -0.2) is 4.98 Å². The van der Waals surface area contributed by atoms with E-state index < -0.39 is 5.91 Å². The summed E-state index contributed by atoms with van der Waals surface area (Å²) in [6.07, 6.45) is 2.97. The lowest BCUT2D eigenvalue weighted by Gasteiger charge is -2.21. The molecule has 4 aromatic rings. The summed E-state index contributed by atoms with van der Waals surface area (Å²) in [5.41, 5.74) is 4.88. The third-order valence-electron chi connectivity index (χ3n) is 6.50. The number of anilines is 2. The van der Waals surface area contributed by atoms with E-state index in [0.717, 1.165) is 27.7 Å². The maximum Gasteiger partial charge on any atom is 0.246 e. The van der Waals surface area contributed by atoms with Gasteiger partial charge in [-0.05, 0) is 67.4 Å². The van der Waals surface area contributed by atoms with Gasteiger partial charge in [0.1, 0.15) is 17.9 Å². The first-order chi connectivity index (χ1) is 20.0. The molecular formula is C32H30Cl2N4O4. The van der Waals surface area contributed by atoms with Gasteiger partial charge in [0, 0.05) is 47.4 Å². The molecule has 0 aliphatic rings. The van der Waals surface area contributed by atoms with Gasteiger partial charge in [0.05, 0.1) is 17.3 Å². The number of rotatable bonds is 9. The molecule has 4 rings (SSSR count). The van der Waals surface area contributed by atoms with Crippen LogP contribution in [-0.2, 0) is 21.0 Å². The minimum atomic E-state index is -0.435. The van der Waals surface area contributed by atoms with Crippen molar-refractivity contribution in [3.8, 4) is 5.75 Å². The third kappa shape index (κ3) is 7.46. The first-order valence-electron chi connectivity index (χ1n) is 13.1. The Bertz CT molecular complexity index is 1700. The normalized spacial score (nSPS) is 11.0. The fourth-order valence-electron chi connectivity index (χ4n) is 4.23. The maximum atomic E-state index is 12.9. The Hall–Kier alpha value is -4.40. The van der Waals surface area contributed by atoms with Crippen LogP contribution in [0.5, 0.6) is 5.75 Å². The maximum absolute atomic E-state index is 12.9. The molecular weight excluding hydrogens is 575 g/mol. The molecule has 0 aliphatic carbocycles. The van der Waals surface area contributed by atoms with Gasteiger partial charge in [0.2, 0.25) is 17.7 Å². The fourth-order valence-corrected chi connectivity index (χ4v) is 4.83. The molecule has 8 nitrogen and oxygen atoms in total. The number of nitrogens with zero attached hydrogens (tertiary/aromatic N) is 2. The van der Waals surface area contributed by atoms with Crippen LogP contribution in [0.1, 0.15) is 29.3 Å². The van der Waals surface area contributed by atoms with Crippen LogP contribution in [0.25, 0.3) is 17.0 Å². The summed E-state index contributed by atoms with van der Waals surface area (Å²) in [6.45, 7) is 5.03. The second kappa shape index (κ2) is 13.5. The van der Waals surface area contributed by atoms with Crippen molar-refractivity contribution in [2.75, 3.05) is 23.8 Å². The number of carbonyl (C=O) groups excluding carboxylic acids is 3. The van der Waals surface area contributed by atoms with Gasteiger partial charge in [0.15, 0.2) is 0 Å². The van der Waals surface area contributed by atoms with Gasteiger partial charge in [-0.3, -0.25) is 14.4 Å². The minimum Gasteiger partial charge on any atom is -0.487 e. The Morgan fingerprint density at radius 1 is 1.02 bits per heavy atom. The van der Waals surface area contributed by atoms with Crippen molar-refractivity contribution in [2.45, 2.75) is 27.4 Å². The average molecular weight is 606 g/mol. The van der Waals surface area contributed by atoms with Crippen molar-refractivity contribution in [3.63, 3.8) is 0 Å².